The zero-order chi connectivity index (χ0) is 26.5. The number of azide groups is 1. The van der Waals surface area contributed by atoms with Crippen molar-refractivity contribution < 1.29 is 23.7 Å². The maximum absolute atomic E-state index is 8.19. The van der Waals surface area contributed by atoms with Crippen LogP contribution < -0.4 is 5.73 Å². The van der Waals surface area contributed by atoms with E-state index in [4.69, 9.17) is 39.9 Å². The number of anilines is 1. The second kappa shape index (κ2) is 14.7. The summed E-state index contributed by atoms with van der Waals surface area (Å²) in [4.78, 5) is 12.0. The van der Waals surface area contributed by atoms with E-state index < -0.39 is 5.60 Å². The van der Waals surface area contributed by atoms with Crippen molar-refractivity contribution in [2.24, 2.45) is 5.11 Å². The zero-order valence-corrected chi connectivity index (χ0v) is 21.9. The molecule has 37 heavy (non-hydrogen) atoms. The first kappa shape index (κ1) is 28.6. The van der Waals surface area contributed by atoms with Crippen molar-refractivity contribution in [3.05, 3.63) is 40.5 Å². The van der Waals surface area contributed by atoms with Crippen molar-refractivity contribution in [3.8, 4) is 0 Å². The highest BCUT2D eigenvalue weighted by molar-refractivity contribution is 6.06. The largest absolute Gasteiger partial charge is 0.382 e. The summed E-state index contributed by atoms with van der Waals surface area (Å²) in [6, 6.07) is 7.92. The minimum absolute atomic E-state index is 0.322. The Bertz CT molecular complexity index is 1180. The normalized spacial score (nSPS) is 11.9. The van der Waals surface area contributed by atoms with Crippen LogP contribution in [-0.2, 0) is 36.8 Å². The predicted molar refractivity (Wildman–Crippen MR) is 141 cm³/mol. The number of para-hydroxylation sites is 1. The van der Waals surface area contributed by atoms with Crippen LogP contribution in [0, 0.1) is 0 Å². The Morgan fingerprint density at radius 1 is 0.973 bits per heavy atom. The number of nitrogens with two attached hydrogens (primary N) is 1. The van der Waals surface area contributed by atoms with Crippen LogP contribution in [0.3, 0.4) is 0 Å². The first-order valence-corrected chi connectivity index (χ1v) is 12.5. The lowest BCUT2D eigenvalue weighted by Crippen LogP contribution is -2.32. The van der Waals surface area contributed by atoms with Gasteiger partial charge in [0.25, 0.3) is 0 Å². The number of rotatable bonds is 18. The third kappa shape index (κ3) is 8.53. The van der Waals surface area contributed by atoms with Crippen molar-refractivity contribution in [2.45, 2.75) is 39.5 Å². The number of ether oxygens (including phenoxy) is 5. The Labute approximate surface area is 216 Å². The van der Waals surface area contributed by atoms with Gasteiger partial charge < -0.3 is 34.0 Å². The topological polar surface area (TPSA) is 152 Å². The van der Waals surface area contributed by atoms with E-state index >= 15 is 0 Å². The Balaban J connectivity index is 1.52. The summed E-state index contributed by atoms with van der Waals surface area (Å²) in [6.45, 7) is 11.0. The van der Waals surface area contributed by atoms with Crippen molar-refractivity contribution in [2.75, 3.05) is 65.1 Å². The molecule has 12 heteroatoms. The molecule has 0 saturated carbocycles. The van der Waals surface area contributed by atoms with Crippen LogP contribution in [0.15, 0.2) is 29.4 Å². The van der Waals surface area contributed by atoms with Gasteiger partial charge in [-0.3, -0.25) is 0 Å². The van der Waals surface area contributed by atoms with Gasteiger partial charge in [-0.2, -0.15) is 0 Å². The lowest BCUT2D eigenvalue weighted by molar-refractivity contribution is -0.0614. The van der Waals surface area contributed by atoms with E-state index in [1.165, 1.54) is 0 Å². The molecule has 1 aromatic carbocycles. The number of hydrogen-bond donors (Lipinski definition) is 1. The van der Waals surface area contributed by atoms with Gasteiger partial charge in [0, 0.05) is 23.4 Å². The zero-order valence-electron chi connectivity index (χ0n) is 21.9. The minimum atomic E-state index is -0.499. The molecule has 2 N–H and O–H groups in total. The van der Waals surface area contributed by atoms with Gasteiger partial charge in [-0.25, -0.2) is 9.97 Å². The molecule has 0 spiro atoms. The van der Waals surface area contributed by atoms with E-state index in [-0.39, 0.29) is 0 Å². The van der Waals surface area contributed by atoms with E-state index in [0.29, 0.717) is 83.9 Å². The number of aromatic nitrogens is 3. The minimum Gasteiger partial charge on any atom is -0.382 e. The summed E-state index contributed by atoms with van der Waals surface area (Å²) < 4.78 is 30.4. The van der Waals surface area contributed by atoms with Gasteiger partial charge in [0.2, 0.25) is 0 Å². The summed E-state index contributed by atoms with van der Waals surface area (Å²) in [7, 11) is 0. The quantitative estimate of drug-likeness (QED) is 0.116. The monoisotopic (exact) mass is 515 g/mol. The summed E-state index contributed by atoms with van der Waals surface area (Å²) in [5, 5.41) is 4.38. The van der Waals surface area contributed by atoms with E-state index in [0.717, 1.165) is 22.2 Å². The molecule has 0 unspecified atom stereocenters. The van der Waals surface area contributed by atoms with Crippen molar-refractivity contribution in [3.63, 3.8) is 0 Å². The third-order valence-electron chi connectivity index (χ3n) is 5.53. The molecular weight excluding hydrogens is 478 g/mol. The van der Waals surface area contributed by atoms with E-state index in [1.807, 2.05) is 45.0 Å². The first-order valence-electron chi connectivity index (χ1n) is 12.5. The number of pyridine rings is 1. The number of nitrogen functional groups attached to an aromatic ring is 1. The van der Waals surface area contributed by atoms with Crippen LogP contribution in [0.4, 0.5) is 5.82 Å². The molecule has 0 aliphatic heterocycles. The highest BCUT2D eigenvalue weighted by Crippen LogP contribution is 2.30. The van der Waals surface area contributed by atoms with Gasteiger partial charge in [0.1, 0.15) is 17.9 Å². The van der Waals surface area contributed by atoms with Gasteiger partial charge in [-0.1, -0.05) is 23.3 Å². The Morgan fingerprint density at radius 2 is 1.65 bits per heavy atom. The molecule has 0 atom stereocenters. The molecule has 3 aromatic rings. The van der Waals surface area contributed by atoms with Crippen LogP contribution in [0.5, 0.6) is 0 Å². The molecule has 0 amide bonds. The fourth-order valence-electron chi connectivity index (χ4n) is 3.87. The molecule has 0 aliphatic carbocycles. The van der Waals surface area contributed by atoms with Gasteiger partial charge in [-0.05, 0) is 32.4 Å². The van der Waals surface area contributed by atoms with Crippen LogP contribution >= 0.6 is 0 Å². The predicted octanol–water partition coefficient (Wildman–Crippen LogP) is 3.86. The molecular formula is C25H37N7O5. The van der Waals surface area contributed by atoms with E-state index in [9.17, 15) is 0 Å². The van der Waals surface area contributed by atoms with E-state index in [2.05, 4.69) is 19.6 Å². The molecule has 0 bridgehead atoms. The number of imidazole rings is 1. The number of fused-ring (bicyclic) bond motifs is 3. The molecule has 202 valence electrons. The van der Waals surface area contributed by atoms with Crippen molar-refractivity contribution in [1.29, 1.82) is 0 Å². The average Bonchev–Trinajstić information content (AvgIpc) is 3.23. The summed E-state index contributed by atoms with van der Waals surface area (Å²) in [5.74, 6) is 1.19. The summed E-state index contributed by atoms with van der Waals surface area (Å²) >= 11 is 0. The highest BCUT2D eigenvalue weighted by atomic mass is 16.6. The first-order chi connectivity index (χ1) is 18.0. The lowest BCUT2D eigenvalue weighted by atomic mass is 10.1. The fraction of sp³-hybridized carbons (Fsp3) is 0.600. The van der Waals surface area contributed by atoms with Crippen molar-refractivity contribution in [1.82, 2.24) is 14.5 Å². The Hall–Kier alpha value is -2.99. The van der Waals surface area contributed by atoms with Crippen LogP contribution in [0.2, 0.25) is 0 Å². The summed E-state index contributed by atoms with van der Waals surface area (Å²) in [6.07, 6.45) is 0. The van der Waals surface area contributed by atoms with Gasteiger partial charge >= 0.3 is 0 Å². The van der Waals surface area contributed by atoms with Gasteiger partial charge in [0.05, 0.1) is 69.4 Å². The standard InChI is InChI=1S/C25H37N7O5/c1-4-33-17-21-30-22-23(19-7-5-6-8-20(19)29-24(22)26)32(21)18-25(2,3)37-16-15-36-14-13-35-12-11-34-10-9-28-31-27/h5-8H,4,9-18H2,1-3H3,(H2,26,29). The van der Waals surface area contributed by atoms with E-state index in [1.54, 1.807) is 0 Å². The molecule has 0 saturated heterocycles. The smallest absolute Gasteiger partial charge is 0.152 e. The number of nitrogens with zero attached hydrogens (tertiary/aromatic N) is 6. The molecule has 0 aliphatic rings. The summed E-state index contributed by atoms with van der Waals surface area (Å²) in [5.41, 5.74) is 16.4. The number of benzene rings is 1. The molecule has 2 heterocycles. The SMILES string of the molecule is CCOCc1nc2c(N)nc3ccccc3c2n1CC(C)(C)OCCOCCOCCOCCN=[N+]=[N-]. The lowest BCUT2D eigenvalue weighted by Gasteiger charge is -2.27. The highest BCUT2D eigenvalue weighted by Gasteiger charge is 2.25. The average molecular weight is 516 g/mol. The maximum Gasteiger partial charge on any atom is 0.152 e. The molecule has 3 rings (SSSR count). The van der Waals surface area contributed by atoms with Crippen molar-refractivity contribution >= 4 is 27.8 Å². The second-order valence-corrected chi connectivity index (χ2v) is 8.86. The number of hydrogen-bond acceptors (Lipinski definition) is 9. The van der Waals surface area contributed by atoms with Gasteiger partial charge in [-0.15, -0.1) is 0 Å². The third-order valence-corrected chi connectivity index (χ3v) is 5.53. The molecule has 0 fully saturated rings. The Morgan fingerprint density at radius 3 is 2.35 bits per heavy atom. The molecule has 12 nitrogen and oxygen atoms in total. The Kier molecular flexibility index (Phi) is 11.3. The van der Waals surface area contributed by atoms with Gasteiger partial charge in [0.15, 0.2) is 5.82 Å². The van der Waals surface area contributed by atoms with Crippen LogP contribution in [-0.4, -0.2) is 79.5 Å². The molecule has 0 radical (unpaired) electrons. The second-order valence-electron chi connectivity index (χ2n) is 8.86. The fourth-order valence-corrected chi connectivity index (χ4v) is 3.87. The molecule has 2 aromatic heterocycles. The van der Waals surface area contributed by atoms with Crippen LogP contribution in [0.1, 0.15) is 26.6 Å². The van der Waals surface area contributed by atoms with Crippen LogP contribution in [0.25, 0.3) is 32.4 Å². The maximum atomic E-state index is 8.19.